The Morgan fingerprint density at radius 2 is 1.81 bits per heavy atom. The number of hydrogen-bond acceptors (Lipinski definition) is 2. The minimum Gasteiger partial charge on any atom is -0.319 e. The van der Waals surface area contributed by atoms with Crippen LogP contribution in [0.15, 0.2) is 24.3 Å². The van der Waals surface area contributed by atoms with E-state index in [9.17, 15) is 18.0 Å². The average molecular weight is 229 g/mol. The molecule has 0 aromatic heterocycles. The second-order valence-corrected chi connectivity index (χ2v) is 4.03. The Morgan fingerprint density at radius 1 is 1.25 bits per heavy atom. The van der Waals surface area contributed by atoms with Gasteiger partial charge in [0.15, 0.2) is 5.78 Å². The summed E-state index contributed by atoms with van der Waals surface area (Å²) in [6.45, 7) is 0. The molecule has 1 aliphatic rings. The summed E-state index contributed by atoms with van der Waals surface area (Å²) in [6.07, 6.45) is -3.60. The first-order valence-corrected chi connectivity index (χ1v) is 4.84. The van der Waals surface area contributed by atoms with Gasteiger partial charge in [-0.2, -0.15) is 13.2 Å². The summed E-state index contributed by atoms with van der Waals surface area (Å²) in [5.41, 5.74) is 3.32. The first-order chi connectivity index (χ1) is 7.34. The van der Waals surface area contributed by atoms with Gasteiger partial charge >= 0.3 is 6.18 Å². The Balaban J connectivity index is 2.45. The van der Waals surface area contributed by atoms with E-state index in [2.05, 4.69) is 0 Å². The highest BCUT2D eigenvalue weighted by Gasteiger charge is 2.48. The van der Waals surface area contributed by atoms with Crippen LogP contribution < -0.4 is 5.73 Å². The molecule has 0 unspecified atom stereocenters. The van der Waals surface area contributed by atoms with Crippen molar-refractivity contribution in [1.82, 2.24) is 0 Å². The number of ketones is 1. The Kier molecular flexibility index (Phi) is 2.31. The predicted octanol–water partition coefficient (Wildman–Crippen LogP) is 2.38. The van der Waals surface area contributed by atoms with Crippen LogP contribution in [0.25, 0.3) is 0 Å². The second kappa shape index (κ2) is 3.31. The molecule has 86 valence electrons. The number of halogens is 3. The van der Waals surface area contributed by atoms with Crippen LogP contribution >= 0.6 is 0 Å². The molecule has 1 aromatic rings. The smallest absolute Gasteiger partial charge is 0.319 e. The number of carbonyl (C=O) groups is 1. The monoisotopic (exact) mass is 229 g/mol. The van der Waals surface area contributed by atoms with Crippen LogP contribution in [-0.4, -0.2) is 11.3 Å². The molecule has 0 spiro atoms. The third-order valence-corrected chi connectivity index (χ3v) is 2.72. The molecule has 0 atom stereocenters. The lowest BCUT2D eigenvalue weighted by atomic mass is 9.97. The molecule has 1 saturated carbocycles. The predicted molar refractivity (Wildman–Crippen MR) is 51.9 cm³/mol. The summed E-state index contributed by atoms with van der Waals surface area (Å²) >= 11 is 0. The quantitative estimate of drug-likeness (QED) is 0.791. The number of benzene rings is 1. The highest BCUT2D eigenvalue weighted by atomic mass is 19.4. The van der Waals surface area contributed by atoms with Gasteiger partial charge in [-0.15, -0.1) is 0 Å². The summed E-state index contributed by atoms with van der Waals surface area (Å²) in [5.74, 6) is -0.611. The molecule has 2 rings (SSSR count). The van der Waals surface area contributed by atoms with Gasteiger partial charge in [-0.25, -0.2) is 0 Å². The molecule has 0 saturated heterocycles. The third kappa shape index (κ3) is 1.82. The zero-order valence-electron chi connectivity index (χ0n) is 8.34. The minimum atomic E-state index is -4.52. The van der Waals surface area contributed by atoms with Crippen LogP contribution in [0.5, 0.6) is 0 Å². The van der Waals surface area contributed by atoms with E-state index in [-0.39, 0.29) is 5.56 Å². The lowest BCUT2D eigenvalue weighted by Crippen LogP contribution is -2.34. The highest BCUT2D eigenvalue weighted by molar-refractivity contribution is 6.06. The maximum absolute atomic E-state index is 12.6. The Bertz CT molecular complexity index is 435. The van der Waals surface area contributed by atoms with E-state index in [1.54, 1.807) is 0 Å². The number of carbonyl (C=O) groups excluding carboxylic acids is 1. The maximum Gasteiger partial charge on any atom is 0.417 e. The van der Waals surface area contributed by atoms with Crippen LogP contribution in [0.3, 0.4) is 0 Å². The first-order valence-electron chi connectivity index (χ1n) is 4.84. The molecule has 1 aromatic carbocycles. The molecule has 16 heavy (non-hydrogen) atoms. The molecule has 5 heteroatoms. The Hall–Kier alpha value is -1.36. The summed E-state index contributed by atoms with van der Waals surface area (Å²) in [4.78, 5) is 11.8. The molecule has 0 amide bonds. The summed E-state index contributed by atoms with van der Waals surface area (Å²) in [5, 5.41) is 0. The molecule has 0 heterocycles. The molecule has 0 radical (unpaired) electrons. The van der Waals surface area contributed by atoms with Crippen molar-refractivity contribution in [2.24, 2.45) is 5.73 Å². The van der Waals surface area contributed by atoms with E-state index in [4.69, 9.17) is 5.73 Å². The van der Waals surface area contributed by atoms with Crippen LogP contribution in [0.2, 0.25) is 0 Å². The summed E-state index contributed by atoms with van der Waals surface area (Å²) < 4.78 is 37.9. The standard InChI is InChI=1S/C11H10F3NO/c12-11(13,14)8-4-2-1-3-7(8)9(16)10(15)5-6-10/h1-4H,5-6,15H2. The first kappa shape index (κ1) is 11.1. The van der Waals surface area contributed by atoms with E-state index in [1.807, 2.05) is 0 Å². The van der Waals surface area contributed by atoms with Crippen molar-refractivity contribution in [3.63, 3.8) is 0 Å². The summed E-state index contributed by atoms with van der Waals surface area (Å²) in [7, 11) is 0. The maximum atomic E-state index is 12.6. The molecule has 2 N–H and O–H groups in total. The van der Waals surface area contributed by atoms with Gasteiger partial charge in [0.2, 0.25) is 0 Å². The molecule has 1 aliphatic carbocycles. The van der Waals surface area contributed by atoms with E-state index >= 15 is 0 Å². The number of Topliss-reactive ketones (excluding diaryl/α,β-unsaturated/α-hetero) is 1. The molecule has 0 bridgehead atoms. The van der Waals surface area contributed by atoms with Gasteiger partial charge in [0, 0.05) is 5.56 Å². The normalized spacial score (nSPS) is 18.2. The largest absolute Gasteiger partial charge is 0.417 e. The van der Waals surface area contributed by atoms with Gasteiger partial charge in [-0.05, 0) is 18.9 Å². The molecular weight excluding hydrogens is 219 g/mol. The minimum absolute atomic E-state index is 0.324. The molecular formula is C11H10F3NO. The van der Waals surface area contributed by atoms with Gasteiger partial charge in [0.1, 0.15) is 0 Å². The number of rotatable bonds is 2. The average Bonchev–Trinajstić information content (AvgIpc) is 2.95. The van der Waals surface area contributed by atoms with E-state index in [0.29, 0.717) is 12.8 Å². The molecule has 2 nitrogen and oxygen atoms in total. The van der Waals surface area contributed by atoms with E-state index in [1.165, 1.54) is 18.2 Å². The van der Waals surface area contributed by atoms with Crippen molar-refractivity contribution >= 4 is 5.78 Å². The highest BCUT2D eigenvalue weighted by Crippen LogP contribution is 2.39. The zero-order chi connectivity index (χ0) is 12.0. The van der Waals surface area contributed by atoms with Crippen LogP contribution in [0, 0.1) is 0 Å². The Morgan fingerprint density at radius 3 is 2.31 bits per heavy atom. The lowest BCUT2D eigenvalue weighted by Gasteiger charge is -2.14. The lowest BCUT2D eigenvalue weighted by molar-refractivity contribution is -0.137. The van der Waals surface area contributed by atoms with Crippen LogP contribution in [0.1, 0.15) is 28.8 Å². The summed E-state index contributed by atoms with van der Waals surface area (Å²) in [6, 6.07) is 4.75. The van der Waals surface area contributed by atoms with Gasteiger partial charge in [0.05, 0.1) is 11.1 Å². The van der Waals surface area contributed by atoms with E-state index < -0.39 is 23.1 Å². The van der Waals surface area contributed by atoms with Gasteiger partial charge in [-0.3, -0.25) is 4.79 Å². The molecule has 1 fully saturated rings. The van der Waals surface area contributed by atoms with Gasteiger partial charge in [-0.1, -0.05) is 18.2 Å². The van der Waals surface area contributed by atoms with Crippen molar-refractivity contribution in [2.75, 3.05) is 0 Å². The van der Waals surface area contributed by atoms with Crippen molar-refractivity contribution < 1.29 is 18.0 Å². The zero-order valence-corrected chi connectivity index (χ0v) is 8.34. The van der Waals surface area contributed by atoms with Crippen LogP contribution in [0.4, 0.5) is 13.2 Å². The fourth-order valence-electron chi connectivity index (χ4n) is 1.56. The van der Waals surface area contributed by atoms with Crippen molar-refractivity contribution in [3.05, 3.63) is 35.4 Å². The number of nitrogens with two attached hydrogens (primary N) is 1. The molecule has 0 aliphatic heterocycles. The van der Waals surface area contributed by atoms with Crippen molar-refractivity contribution in [2.45, 2.75) is 24.6 Å². The van der Waals surface area contributed by atoms with Gasteiger partial charge in [0.25, 0.3) is 0 Å². The second-order valence-electron chi connectivity index (χ2n) is 4.03. The fraction of sp³-hybridized carbons (Fsp3) is 0.364. The number of hydrogen-bond donors (Lipinski definition) is 1. The number of alkyl halides is 3. The topological polar surface area (TPSA) is 43.1 Å². The fourth-order valence-corrected chi connectivity index (χ4v) is 1.56. The van der Waals surface area contributed by atoms with Crippen LogP contribution in [-0.2, 0) is 6.18 Å². The third-order valence-electron chi connectivity index (χ3n) is 2.72. The van der Waals surface area contributed by atoms with E-state index in [0.717, 1.165) is 6.07 Å². The van der Waals surface area contributed by atoms with Crippen molar-refractivity contribution in [3.8, 4) is 0 Å². The van der Waals surface area contributed by atoms with Crippen molar-refractivity contribution in [1.29, 1.82) is 0 Å². The Labute approximate surface area is 90.2 Å². The van der Waals surface area contributed by atoms with Gasteiger partial charge < -0.3 is 5.73 Å². The SMILES string of the molecule is NC1(C(=O)c2ccccc2C(F)(F)F)CC1.